The number of fused-ring (bicyclic) bond motifs is 2. The lowest BCUT2D eigenvalue weighted by atomic mass is 9.91. The van der Waals surface area contributed by atoms with Crippen molar-refractivity contribution in [1.29, 1.82) is 0 Å². The lowest BCUT2D eigenvalue weighted by molar-refractivity contribution is 0.156. The van der Waals surface area contributed by atoms with Gasteiger partial charge in [-0.05, 0) is 81.6 Å². The lowest BCUT2D eigenvalue weighted by Crippen LogP contribution is -2.53. The Bertz CT molecular complexity index is 1550. The second-order valence-electron chi connectivity index (χ2n) is 10.9. The fourth-order valence-electron chi connectivity index (χ4n) is 5.95. The van der Waals surface area contributed by atoms with Gasteiger partial charge in [0.1, 0.15) is 5.65 Å². The molecule has 1 atom stereocenters. The molecule has 0 saturated carbocycles. The van der Waals surface area contributed by atoms with Crippen molar-refractivity contribution in [2.24, 2.45) is 0 Å². The van der Waals surface area contributed by atoms with E-state index in [-0.39, 0.29) is 5.54 Å². The average molecular weight is 491 g/mol. The van der Waals surface area contributed by atoms with Gasteiger partial charge in [0.25, 0.3) is 0 Å². The van der Waals surface area contributed by atoms with Crippen LogP contribution in [0, 0.1) is 0 Å². The van der Waals surface area contributed by atoms with Gasteiger partial charge in [0.2, 0.25) is 5.95 Å². The SMILES string of the molecule is CC(C)N1CCCC1C(C)(C)Nc1nc(-c2ccncc2)c(-c2ccc3ccccc3c2)c2nccn12. The number of rotatable bonds is 6. The quantitative estimate of drug-likeness (QED) is 0.288. The standard InChI is InChI=1S/C31H34N6/c1-21(2)36-18-7-10-26(36)31(3,4)35-30-34-28(23-13-15-32-16-14-23)27(29-33-17-19-37(29)30)25-12-11-22-8-5-6-9-24(22)20-25/h5-6,8-9,11-17,19-21,26H,7,10,18H2,1-4H3,(H,34,35). The summed E-state index contributed by atoms with van der Waals surface area (Å²) in [5.41, 5.74) is 4.76. The van der Waals surface area contributed by atoms with Gasteiger partial charge in [0.05, 0.1) is 16.8 Å². The fourth-order valence-corrected chi connectivity index (χ4v) is 5.95. The molecule has 1 saturated heterocycles. The molecule has 0 bridgehead atoms. The van der Waals surface area contributed by atoms with Crippen LogP contribution >= 0.6 is 0 Å². The van der Waals surface area contributed by atoms with Crippen molar-refractivity contribution < 1.29 is 0 Å². The van der Waals surface area contributed by atoms with E-state index in [9.17, 15) is 0 Å². The van der Waals surface area contributed by atoms with E-state index in [2.05, 4.69) is 89.8 Å². The first-order valence-electron chi connectivity index (χ1n) is 13.2. The maximum Gasteiger partial charge on any atom is 0.209 e. The smallest absolute Gasteiger partial charge is 0.209 e. The van der Waals surface area contributed by atoms with Crippen LogP contribution < -0.4 is 5.32 Å². The van der Waals surface area contributed by atoms with Gasteiger partial charge >= 0.3 is 0 Å². The van der Waals surface area contributed by atoms with Gasteiger partial charge in [-0.25, -0.2) is 9.97 Å². The van der Waals surface area contributed by atoms with Crippen molar-refractivity contribution in [2.75, 3.05) is 11.9 Å². The zero-order chi connectivity index (χ0) is 25.6. The van der Waals surface area contributed by atoms with E-state index < -0.39 is 0 Å². The van der Waals surface area contributed by atoms with Crippen LogP contribution in [0.4, 0.5) is 5.95 Å². The van der Waals surface area contributed by atoms with Crippen molar-refractivity contribution >= 4 is 22.4 Å². The van der Waals surface area contributed by atoms with E-state index in [1.807, 2.05) is 36.9 Å². The number of hydrogen-bond acceptors (Lipinski definition) is 5. The zero-order valence-electron chi connectivity index (χ0n) is 22.0. The van der Waals surface area contributed by atoms with Crippen LogP contribution in [-0.4, -0.2) is 48.4 Å². The third-order valence-corrected chi connectivity index (χ3v) is 7.76. The summed E-state index contributed by atoms with van der Waals surface area (Å²) >= 11 is 0. The Kier molecular flexibility index (Phi) is 5.92. The summed E-state index contributed by atoms with van der Waals surface area (Å²) < 4.78 is 2.10. The first kappa shape index (κ1) is 23.6. The number of aromatic nitrogens is 4. The highest BCUT2D eigenvalue weighted by Crippen LogP contribution is 2.38. The number of likely N-dealkylation sites (tertiary alicyclic amines) is 1. The highest BCUT2D eigenvalue weighted by Gasteiger charge is 2.39. The van der Waals surface area contributed by atoms with Gasteiger partial charge < -0.3 is 5.32 Å². The molecule has 5 aromatic rings. The molecule has 6 heteroatoms. The first-order valence-corrected chi connectivity index (χ1v) is 13.2. The van der Waals surface area contributed by atoms with E-state index in [1.54, 1.807) is 0 Å². The van der Waals surface area contributed by atoms with Gasteiger partial charge in [-0.1, -0.05) is 36.4 Å². The number of benzene rings is 2. The minimum Gasteiger partial charge on any atom is -0.349 e. The number of anilines is 1. The van der Waals surface area contributed by atoms with Crippen molar-refractivity contribution in [3.05, 3.63) is 79.4 Å². The van der Waals surface area contributed by atoms with Crippen molar-refractivity contribution in [1.82, 2.24) is 24.3 Å². The Labute approximate surface area is 218 Å². The average Bonchev–Trinajstić information content (AvgIpc) is 3.60. The van der Waals surface area contributed by atoms with E-state index in [0.29, 0.717) is 12.1 Å². The molecule has 1 aliphatic rings. The predicted molar refractivity (Wildman–Crippen MR) is 152 cm³/mol. The normalized spacial score (nSPS) is 16.7. The number of nitrogens with zero attached hydrogens (tertiary/aromatic N) is 5. The molecule has 1 N–H and O–H groups in total. The van der Waals surface area contributed by atoms with Crippen LogP contribution in [0.3, 0.4) is 0 Å². The van der Waals surface area contributed by atoms with Crippen LogP contribution in [-0.2, 0) is 0 Å². The van der Waals surface area contributed by atoms with Crippen LogP contribution in [0.25, 0.3) is 38.8 Å². The molecule has 3 aromatic heterocycles. The highest BCUT2D eigenvalue weighted by atomic mass is 15.3. The summed E-state index contributed by atoms with van der Waals surface area (Å²) in [7, 11) is 0. The first-order chi connectivity index (χ1) is 17.9. The van der Waals surface area contributed by atoms with Gasteiger partial charge in [-0.15, -0.1) is 0 Å². The maximum absolute atomic E-state index is 5.29. The number of pyridine rings is 1. The molecule has 6 rings (SSSR count). The molecule has 1 fully saturated rings. The molecule has 6 nitrogen and oxygen atoms in total. The van der Waals surface area contributed by atoms with E-state index in [1.165, 1.54) is 23.6 Å². The van der Waals surface area contributed by atoms with Crippen LogP contribution in [0.5, 0.6) is 0 Å². The summed E-state index contributed by atoms with van der Waals surface area (Å²) in [5.74, 6) is 0.810. The molecule has 188 valence electrons. The fraction of sp³-hybridized carbons (Fsp3) is 0.323. The largest absolute Gasteiger partial charge is 0.349 e. The summed E-state index contributed by atoms with van der Waals surface area (Å²) in [4.78, 5) is 17.0. The van der Waals surface area contributed by atoms with Gasteiger partial charge in [0, 0.05) is 42.4 Å². The third kappa shape index (κ3) is 4.25. The lowest BCUT2D eigenvalue weighted by Gasteiger charge is -2.40. The van der Waals surface area contributed by atoms with E-state index >= 15 is 0 Å². The Morgan fingerprint density at radius 1 is 0.946 bits per heavy atom. The molecule has 1 unspecified atom stereocenters. The maximum atomic E-state index is 5.29. The van der Waals surface area contributed by atoms with Crippen LogP contribution in [0.1, 0.15) is 40.5 Å². The molecule has 2 aromatic carbocycles. The summed E-state index contributed by atoms with van der Waals surface area (Å²) in [6.45, 7) is 10.3. The van der Waals surface area contributed by atoms with Crippen molar-refractivity contribution in [2.45, 2.75) is 58.2 Å². The highest BCUT2D eigenvalue weighted by molar-refractivity contribution is 5.95. The molecule has 0 radical (unpaired) electrons. The number of hydrogen-bond donors (Lipinski definition) is 1. The number of nitrogens with one attached hydrogen (secondary N) is 1. The summed E-state index contributed by atoms with van der Waals surface area (Å²) in [5, 5.41) is 6.26. The van der Waals surface area contributed by atoms with Gasteiger partial charge in [-0.2, -0.15) is 0 Å². The van der Waals surface area contributed by atoms with Crippen LogP contribution in [0.15, 0.2) is 79.4 Å². The molecule has 0 spiro atoms. The Morgan fingerprint density at radius 2 is 1.73 bits per heavy atom. The van der Waals surface area contributed by atoms with Crippen molar-refractivity contribution in [3.63, 3.8) is 0 Å². The van der Waals surface area contributed by atoms with Gasteiger partial charge in [-0.3, -0.25) is 14.3 Å². The third-order valence-electron chi connectivity index (χ3n) is 7.76. The minimum atomic E-state index is -0.176. The molecule has 0 amide bonds. The Hall–Kier alpha value is -3.77. The van der Waals surface area contributed by atoms with Crippen molar-refractivity contribution in [3.8, 4) is 22.4 Å². The second kappa shape index (κ2) is 9.27. The van der Waals surface area contributed by atoms with Gasteiger partial charge in [0.15, 0.2) is 0 Å². The zero-order valence-corrected chi connectivity index (χ0v) is 22.0. The second-order valence-corrected chi connectivity index (χ2v) is 10.9. The molecule has 0 aliphatic carbocycles. The Morgan fingerprint density at radius 3 is 2.51 bits per heavy atom. The Balaban J connectivity index is 1.53. The van der Waals surface area contributed by atoms with E-state index in [0.717, 1.165) is 40.5 Å². The molecule has 4 heterocycles. The molecular weight excluding hydrogens is 456 g/mol. The number of imidazole rings is 1. The topological polar surface area (TPSA) is 58.3 Å². The minimum absolute atomic E-state index is 0.176. The summed E-state index contributed by atoms with van der Waals surface area (Å²) in [6, 6.07) is 20.0. The predicted octanol–water partition coefficient (Wildman–Crippen LogP) is 6.67. The summed E-state index contributed by atoms with van der Waals surface area (Å²) in [6.07, 6.45) is 9.94. The van der Waals surface area contributed by atoms with E-state index in [4.69, 9.17) is 9.97 Å². The van der Waals surface area contributed by atoms with Crippen LogP contribution in [0.2, 0.25) is 0 Å². The monoisotopic (exact) mass is 490 g/mol. The molecular formula is C31H34N6. The molecule has 1 aliphatic heterocycles. The molecule has 37 heavy (non-hydrogen) atoms.